The number of ether oxygens (including phenoxy) is 19. The van der Waals surface area contributed by atoms with E-state index >= 15 is 0 Å². The molecule has 0 bridgehead atoms. The Balaban J connectivity index is 1.20. The molecule has 10 saturated heterocycles. The molecule has 0 spiro atoms. The van der Waals surface area contributed by atoms with E-state index in [9.17, 15) is 211 Å². The molecular formula is C71H129N3O68P4. The van der Waals surface area contributed by atoms with Gasteiger partial charge in [0, 0.05) is 26.1 Å². The highest BCUT2D eigenvalue weighted by molar-refractivity contribution is 7.61. The van der Waals surface area contributed by atoms with Crippen LogP contribution in [-0.2, 0) is 145 Å². The standard InChI is InChI=1S/C71H129N3O68P4/c72-1-4-117-143(109,110)140-28(17-84)53-45(104)55(133-65-42(101)36(95)52(26(15-82)124-65)130-64-41(100)35(94)50(25(14-81)123-64)128-61-38(97)32(91)29(88)22(11-78)120-61)59(137-69-60(136-63-40(99)34(93)31(90)24(13-80)122-63)57(141-144(111,112)118-5-2-73)44(103)47(126-69)18(85)8-75)68(131-53)134-56-46(105)67(132-54-21(139-146(115,116)142-145(113,114)119-6-3-74)7-71(108,70(106)107)138-49(54)20(87)10-77)127-48(19(86)9-76)58(56)135-66-43(102)37(96)51(27(16-83)125-66)129-62-39(98)33(92)30(89)23(12-79)121-62/h18-69,75-105,108H,1-17,72-74H2,(H,106,107)(H,109,110)(H,111,112)(H,113,114)(H,115,116)/t18-,19-,20+,21+,22+,23+,24+,25+,26+,27+,28-,29-,30-,31+,32-,33-,34-,35+,36+,37+,38+,39+,40+,41+,42+,43+,44+,45+,46-,47+,48+,49+,50+,51+,52+,53+,54+,55-,56+,57-,58+,59-,60-,61-,62-,63-,64-,65+,66-,67+,68+,69+,71+/m0/s1. The van der Waals surface area contributed by atoms with Crippen LogP contribution in [0.5, 0.6) is 0 Å². The largest absolute Gasteiger partial charge is 0.481 e. The smallest absolute Gasteiger partial charge is 0.477 e. The van der Waals surface area contributed by atoms with Crippen molar-refractivity contribution in [2.45, 2.75) is 331 Å². The number of aliphatic carboxylic acids is 1. The van der Waals surface area contributed by atoms with Crippen LogP contribution in [0, 0.1) is 0 Å². The molecular weight excluding hydrogens is 2110 g/mol. The van der Waals surface area contributed by atoms with Crippen LogP contribution in [0.25, 0.3) is 0 Å². The van der Waals surface area contributed by atoms with Crippen LogP contribution in [-0.4, -0.2) is 624 Å². The lowest BCUT2D eigenvalue weighted by Gasteiger charge is -2.54. The molecule has 71 nitrogen and oxygen atoms in total. The molecule has 0 aromatic rings. The number of carboxylic acids is 1. The number of hydrogen-bond acceptors (Lipinski definition) is 66. The quantitative estimate of drug-likeness (QED) is 0.0252. The summed E-state index contributed by atoms with van der Waals surface area (Å²) in [6.45, 7) is -19.6. The Morgan fingerprint density at radius 2 is 0.603 bits per heavy atom. The Morgan fingerprint density at radius 3 is 0.993 bits per heavy atom. The van der Waals surface area contributed by atoms with Crippen LogP contribution < -0.4 is 17.2 Å². The van der Waals surface area contributed by atoms with Gasteiger partial charge >= 0.3 is 37.3 Å². The summed E-state index contributed by atoms with van der Waals surface area (Å²) >= 11 is 0. The number of hydrogen-bond donors (Lipinski definition) is 40. The van der Waals surface area contributed by atoms with Crippen molar-refractivity contribution in [3.05, 3.63) is 0 Å². The highest BCUT2D eigenvalue weighted by atomic mass is 31.3. The second-order valence-electron chi connectivity index (χ2n) is 34.5. The second-order valence-corrected chi connectivity index (χ2v) is 40.3. The van der Waals surface area contributed by atoms with E-state index in [1.165, 1.54) is 0 Å². The average molecular weight is 2240 g/mol. The van der Waals surface area contributed by atoms with Crippen molar-refractivity contribution in [2.24, 2.45) is 17.2 Å². The maximum Gasteiger partial charge on any atom is 0.481 e. The van der Waals surface area contributed by atoms with Crippen LogP contribution in [0.1, 0.15) is 6.42 Å². The number of phosphoric ester groups is 4. The highest BCUT2D eigenvalue weighted by Gasteiger charge is 2.67. The number of carbonyl (C=O) groups is 1. The third kappa shape index (κ3) is 29.3. The van der Waals surface area contributed by atoms with Gasteiger partial charge in [-0.1, -0.05) is 0 Å². The average Bonchev–Trinajstić information content (AvgIpc) is 0.738. The molecule has 0 aromatic heterocycles. The fourth-order valence-electron chi connectivity index (χ4n) is 17.0. The van der Waals surface area contributed by atoms with Gasteiger partial charge in [0.05, 0.1) is 85.9 Å². The van der Waals surface area contributed by atoms with Crippen molar-refractivity contribution >= 4 is 37.3 Å². The van der Waals surface area contributed by atoms with Gasteiger partial charge in [0.1, 0.15) is 262 Å². The molecule has 10 fully saturated rings. The zero-order chi connectivity index (χ0) is 109. The number of carboxylic acid groups (broad SMARTS) is 1. The molecule has 0 radical (unpaired) electrons. The summed E-state index contributed by atoms with van der Waals surface area (Å²) in [6, 6.07) is 0. The van der Waals surface area contributed by atoms with Crippen LogP contribution in [0.2, 0.25) is 0 Å². The Bertz CT molecular complexity index is 4150. The lowest BCUT2D eigenvalue weighted by Crippen LogP contribution is -2.72. The maximum atomic E-state index is 14.2. The number of rotatable bonds is 50. The van der Waals surface area contributed by atoms with Crippen LogP contribution in [0.4, 0.5) is 0 Å². The van der Waals surface area contributed by atoms with Crippen molar-refractivity contribution in [3.8, 4) is 0 Å². The molecule has 0 amide bonds. The minimum absolute atomic E-state index is 0.623. The lowest BCUT2D eigenvalue weighted by molar-refractivity contribution is -0.429. The SMILES string of the molecule is NCCOP(=O)(O)O[C@H]1[C@H](O)[C@@H]([C@@H](O)CO)O[C@H](O[C@@H]2[C@@H](O[C@@H]3[C@H](O)[C@@H](O[C@H]4[C@@H]([C@H](O)CO)O[C@@](O)(C(=O)O)C[C@H]4OP(=O)(O)OP(=O)(O)OCCN)O[C@H]([C@@H](O)CO)[C@H]3O[C@@H]3O[C@H](CO)[C@@H](O[C@@H]4O[C@H](CO)[C@H](O)[C@H](O)[C@H]4O)[C@H](O)[C@H]3O)O[C@H]([C@H](CO)OP(=O)(O)OCCN)[C@@H](O)[C@@H]2O[C@H]2O[C@H](CO)[C@@H](O[C@@H]3O[C@H](CO)[C@@H](O[C@@H]4O[C@H](CO)[C@H](O)[C@H](O)[C@H]4O)[C@H](O)[C@H]3O)[C@H](O)[C@H]2O)[C@H]1O[C@@H]1O[C@H](CO)[C@@H](O)[C@H](O)[C@H]1O. The monoisotopic (exact) mass is 2240 g/mol. The summed E-state index contributed by atoms with van der Waals surface area (Å²) < 4.78 is 203. The van der Waals surface area contributed by atoms with E-state index in [0.29, 0.717) is 0 Å². The summed E-state index contributed by atoms with van der Waals surface area (Å²) in [7, 11) is -24.4. The first kappa shape index (κ1) is 126. The van der Waals surface area contributed by atoms with Crippen LogP contribution in [0.15, 0.2) is 0 Å². The van der Waals surface area contributed by atoms with Gasteiger partial charge < -0.3 is 295 Å². The fourth-order valence-corrected chi connectivity index (χ4v) is 21.1. The topological polar surface area (TPSA) is 1150 Å². The summed E-state index contributed by atoms with van der Waals surface area (Å²) in [5.41, 5.74) is 16.5. The molecule has 10 aliphatic heterocycles. The molecule has 57 atom stereocenters. The van der Waals surface area contributed by atoms with Gasteiger partial charge in [0.15, 0.2) is 56.6 Å². The number of nitrogens with two attached hydrogens (primary N) is 3. The zero-order valence-corrected chi connectivity index (χ0v) is 79.3. The summed E-state index contributed by atoms with van der Waals surface area (Å²) in [5.74, 6) is -6.42. The maximum absolute atomic E-state index is 14.2. The summed E-state index contributed by atoms with van der Waals surface area (Å²) in [5, 5.41) is 375. The third-order valence-electron chi connectivity index (χ3n) is 24.5. The van der Waals surface area contributed by atoms with E-state index in [0.717, 1.165) is 0 Å². The van der Waals surface area contributed by atoms with Gasteiger partial charge in [0.2, 0.25) is 0 Å². The minimum Gasteiger partial charge on any atom is -0.477 e. The van der Waals surface area contributed by atoms with Crippen LogP contribution in [0.3, 0.4) is 0 Å². The zero-order valence-electron chi connectivity index (χ0n) is 75.8. The van der Waals surface area contributed by atoms with E-state index in [4.69, 9.17) is 130 Å². The minimum atomic E-state index is -6.54. The van der Waals surface area contributed by atoms with Gasteiger partial charge in [-0.2, -0.15) is 4.31 Å². The lowest BCUT2D eigenvalue weighted by atomic mass is 9.91. The number of phosphoric acid groups is 4. The van der Waals surface area contributed by atoms with E-state index in [-0.39, 0.29) is 0 Å². The molecule has 43 N–H and O–H groups in total. The molecule has 0 aromatic carbocycles. The molecule has 10 rings (SSSR count). The van der Waals surface area contributed by atoms with Crippen molar-refractivity contribution in [1.29, 1.82) is 0 Å². The van der Waals surface area contributed by atoms with Gasteiger partial charge in [-0.15, -0.1) is 0 Å². The third-order valence-corrected chi connectivity index (χ3v) is 29.3. The normalized spacial score (nSPS) is 46.4. The van der Waals surface area contributed by atoms with Gasteiger partial charge in [-0.25, -0.2) is 23.1 Å². The Morgan fingerprint density at radius 1 is 0.301 bits per heavy atom. The molecule has 10 aliphatic rings. The molecule has 4 unspecified atom stereocenters. The first-order chi connectivity index (χ1) is 68.6. The molecule has 0 aliphatic carbocycles. The Hall–Kier alpha value is -2.21. The second kappa shape index (κ2) is 54.4. The molecule has 75 heteroatoms. The predicted octanol–water partition coefficient (Wildman–Crippen LogP) is -24.5. The van der Waals surface area contributed by atoms with Gasteiger partial charge in [-0.05, 0) is 0 Å². The van der Waals surface area contributed by atoms with Crippen LogP contribution >= 0.6 is 31.3 Å². The summed E-state index contributed by atoms with van der Waals surface area (Å²) in [6.07, 6.45) is -141. The molecule has 146 heavy (non-hydrogen) atoms. The number of aliphatic hydroxyl groups excluding tert-OH is 31. The van der Waals surface area contributed by atoms with Crippen molar-refractivity contribution in [3.63, 3.8) is 0 Å². The Labute approximate surface area is 821 Å². The van der Waals surface area contributed by atoms with Gasteiger partial charge in [-0.3, -0.25) is 27.1 Å². The molecule has 10 heterocycles. The predicted molar refractivity (Wildman–Crippen MR) is 441 cm³/mol. The van der Waals surface area contributed by atoms with E-state index in [1.807, 2.05) is 0 Å². The van der Waals surface area contributed by atoms with Gasteiger partial charge in [0.25, 0.3) is 5.79 Å². The first-order valence-electron chi connectivity index (χ1n) is 44.5. The number of aliphatic hydroxyl groups is 32. The van der Waals surface area contributed by atoms with Crippen molar-refractivity contribution in [1.82, 2.24) is 0 Å². The molecule has 0 saturated carbocycles. The van der Waals surface area contributed by atoms with E-state index < -0.39 is 474 Å². The highest BCUT2D eigenvalue weighted by Crippen LogP contribution is 2.62. The summed E-state index contributed by atoms with van der Waals surface area (Å²) in [4.78, 5) is 57.5. The van der Waals surface area contributed by atoms with E-state index in [1.54, 1.807) is 0 Å². The Kier molecular flexibility index (Phi) is 46.8. The van der Waals surface area contributed by atoms with E-state index in [2.05, 4.69) is 8.83 Å². The van der Waals surface area contributed by atoms with Crippen molar-refractivity contribution < 1.29 is 333 Å². The molecule has 856 valence electrons. The fraction of sp³-hybridized carbons (Fsp3) is 0.986. The van der Waals surface area contributed by atoms with Crippen molar-refractivity contribution in [2.75, 3.05) is 106 Å². The first-order valence-corrected chi connectivity index (χ1v) is 50.5.